The quantitative estimate of drug-likeness (QED) is 0.449. The van der Waals surface area contributed by atoms with Crippen molar-refractivity contribution in [2.24, 2.45) is 11.1 Å². The summed E-state index contributed by atoms with van der Waals surface area (Å²) in [5, 5.41) is 4.36. The van der Waals surface area contributed by atoms with E-state index in [0.717, 1.165) is 36.3 Å². The lowest BCUT2D eigenvalue weighted by molar-refractivity contribution is -0.119. The summed E-state index contributed by atoms with van der Waals surface area (Å²) in [4.78, 5) is 23.1. The number of pyridine rings is 1. The van der Waals surface area contributed by atoms with E-state index in [0.29, 0.717) is 18.4 Å². The number of thiophene rings is 1. The first-order chi connectivity index (χ1) is 15.6. The molecule has 5 rings (SSSR count). The van der Waals surface area contributed by atoms with Crippen molar-refractivity contribution in [1.29, 1.82) is 0 Å². The maximum Gasteiger partial charge on any atom is 0.231 e. The van der Waals surface area contributed by atoms with Gasteiger partial charge >= 0.3 is 0 Å². The van der Waals surface area contributed by atoms with E-state index in [4.69, 9.17) is 5.73 Å². The van der Waals surface area contributed by atoms with E-state index in [-0.39, 0.29) is 11.3 Å². The summed E-state index contributed by atoms with van der Waals surface area (Å²) in [6.45, 7) is 13.4. The van der Waals surface area contributed by atoms with Gasteiger partial charge < -0.3 is 10.7 Å². The molecule has 0 aromatic carbocycles. The van der Waals surface area contributed by atoms with Crippen LogP contribution in [0.1, 0.15) is 62.0 Å². The maximum absolute atomic E-state index is 11.4. The molecule has 0 aliphatic carbocycles. The van der Waals surface area contributed by atoms with Crippen LogP contribution in [0.3, 0.4) is 0 Å². The second-order valence-corrected chi connectivity index (χ2v) is 11.5. The molecule has 1 aliphatic heterocycles. The maximum atomic E-state index is 11.4. The van der Waals surface area contributed by atoms with Crippen LogP contribution in [0.2, 0.25) is 0 Å². The van der Waals surface area contributed by atoms with Crippen LogP contribution in [0.5, 0.6) is 0 Å². The van der Waals surface area contributed by atoms with E-state index < -0.39 is 0 Å². The molecule has 4 aromatic rings. The molecule has 1 saturated heterocycles. The number of nitrogens with two attached hydrogens (primary N) is 1. The Bertz CT molecular complexity index is 1340. The largest absolute Gasteiger partial charge is 0.369 e. The second kappa shape index (κ2) is 7.95. The lowest BCUT2D eigenvalue weighted by Crippen LogP contribution is -2.47. The highest BCUT2D eigenvalue weighted by atomic mass is 32.1. The average Bonchev–Trinajstić information content (AvgIpc) is 3.40. The number of aromatic amines is 1. The molecule has 0 bridgehead atoms. The molecule has 1 aliphatic rings. The summed E-state index contributed by atoms with van der Waals surface area (Å²) in [6.07, 6.45) is 4.70. The van der Waals surface area contributed by atoms with Gasteiger partial charge in [-0.2, -0.15) is 5.10 Å². The number of hydrogen-bond acceptors (Lipinski definition) is 5. The van der Waals surface area contributed by atoms with Gasteiger partial charge in [-0.05, 0) is 54.5 Å². The lowest BCUT2D eigenvalue weighted by Gasteiger charge is -2.43. The van der Waals surface area contributed by atoms with Crippen LogP contribution in [-0.2, 0) is 4.79 Å². The standard InChI is InChI=1S/C25H32N6OS/c1-14(2)21-22(16-8-15(3)24-27-13-28-31(24)10-16)29-18-9-19(33-23(18)21)17-6-7-30(11-20(26)32)12-25(17,4)5/h8-10,13-14,17,29H,6-7,11-12H2,1-5H3,(H2,26,32). The van der Waals surface area contributed by atoms with Crippen molar-refractivity contribution >= 4 is 33.1 Å². The number of piperidine rings is 1. The van der Waals surface area contributed by atoms with Crippen molar-refractivity contribution in [1.82, 2.24) is 24.5 Å². The number of likely N-dealkylation sites (tertiary alicyclic amines) is 1. The van der Waals surface area contributed by atoms with E-state index in [1.165, 1.54) is 26.4 Å². The zero-order valence-corrected chi connectivity index (χ0v) is 20.8. The Kier molecular flexibility index (Phi) is 5.33. The molecule has 33 heavy (non-hydrogen) atoms. The molecular weight excluding hydrogens is 432 g/mol. The molecule has 0 radical (unpaired) electrons. The minimum Gasteiger partial charge on any atom is -0.369 e. The molecule has 8 heteroatoms. The van der Waals surface area contributed by atoms with Gasteiger partial charge in [0.15, 0.2) is 5.65 Å². The monoisotopic (exact) mass is 464 g/mol. The fraction of sp³-hybridized carbons (Fsp3) is 0.480. The van der Waals surface area contributed by atoms with Crippen molar-refractivity contribution in [2.75, 3.05) is 19.6 Å². The zero-order valence-electron chi connectivity index (χ0n) is 20.0. The highest BCUT2D eigenvalue weighted by Gasteiger charge is 2.38. The number of nitrogens with zero attached hydrogens (tertiary/aromatic N) is 4. The average molecular weight is 465 g/mol. The number of carbonyl (C=O) groups excluding carboxylic acids is 1. The summed E-state index contributed by atoms with van der Waals surface area (Å²) >= 11 is 1.92. The third kappa shape index (κ3) is 3.85. The van der Waals surface area contributed by atoms with Gasteiger partial charge in [-0.3, -0.25) is 9.69 Å². The molecule has 0 saturated carbocycles. The van der Waals surface area contributed by atoms with E-state index in [1.807, 2.05) is 15.9 Å². The van der Waals surface area contributed by atoms with Gasteiger partial charge in [0, 0.05) is 29.1 Å². The van der Waals surface area contributed by atoms with Gasteiger partial charge in [-0.1, -0.05) is 27.7 Å². The van der Waals surface area contributed by atoms with Crippen LogP contribution in [0.25, 0.3) is 27.1 Å². The van der Waals surface area contributed by atoms with Gasteiger partial charge in [0.1, 0.15) is 6.33 Å². The van der Waals surface area contributed by atoms with Crippen molar-refractivity contribution in [3.05, 3.63) is 40.7 Å². The third-order valence-corrected chi connectivity index (χ3v) is 8.26. The fourth-order valence-corrected chi connectivity index (χ4v) is 7.21. The molecule has 3 N–H and O–H groups in total. The Morgan fingerprint density at radius 2 is 2.15 bits per heavy atom. The van der Waals surface area contributed by atoms with Crippen LogP contribution in [0.4, 0.5) is 0 Å². The SMILES string of the molecule is Cc1cc(-c2[nH]c3cc(C4CCN(CC(N)=O)CC4(C)C)sc3c2C(C)C)cn2ncnc12. The summed E-state index contributed by atoms with van der Waals surface area (Å²) in [6, 6.07) is 4.55. The van der Waals surface area contributed by atoms with Gasteiger partial charge in [0.2, 0.25) is 5.91 Å². The van der Waals surface area contributed by atoms with Crippen molar-refractivity contribution < 1.29 is 4.79 Å². The Balaban J connectivity index is 1.53. The molecule has 4 aromatic heterocycles. The predicted molar refractivity (Wildman–Crippen MR) is 134 cm³/mol. The normalized spacial score (nSPS) is 19.2. The first-order valence-corrected chi connectivity index (χ1v) is 12.4. The predicted octanol–water partition coefficient (Wildman–Crippen LogP) is 4.67. The highest BCUT2D eigenvalue weighted by molar-refractivity contribution is 7.19. The number of carbonyl (C=O) groups is 1. The zero-order chi connectivity index (χ0) is 23.5. The molecule has 7 nitrogen and oxygen atoms in total. The van der Waals surface area contributed by atoms with E-state index in [9.17, 15) is 4.79 Å². The van der Waals surface area contributed by atoms with E-state index in [1.54, 1.807) is 6.33 Å². The second-order valence-electron chi connectivity index (χ2n) is 10.4. The number of aryl methyl sites for hydroxylation is 1. The van der Waals surface area contributed by atoms with Crippen LogP contribution >= 0.6 is 11.3 Å². The molecular formula is C25H32N6OS. The summed E-state index contributed by atoms with van der Waals surface area (Å²) in [5.74, 6) is 0.601. The molecule has 1 fully saturated rings. The number of fused-ring (bicyclic) bond motifs is 2. The topological polar surface area (TPSA) is 92.3 Å². The molecule has 174 valence electrons. The Labute approximate surface area is 198 Å². The summed E-state index contributed by atoms with van der Waals surface area (Å²) in [7, 11) is 0. The number of amides is 1. The minimum atomic E-state index is -0.248. The highest BCUT2D eigenvalue weighted by Crippen LogP contribution is 2.48. The lowest BCUT2D eigenvalue weighted by atomic mass is 9.73. The van der Waals surface area contributed by atoms with Crippen LogP contribution < -0.4 is 5.73 Å². The molecule has 5 heterocycles. The number of nitrogens with one attached hydrogen (secondary N) is 1. The third-order valence-electron chi connectivity index (χ3n) is 6.98. The summed E-state index contributed by atoms with van der Waals surface area (Å²) in [5.41, 5.74) is 12.4. The molecule has 1 unspecified atom stereocenters. The Hall–Kier alpha value is -2.71. The first kappa shape index (κ1) is 22.1. The van der Waals surface area contributed by atoms with Crippen molar-refractivity contribution in [2.45, 2.75) is 52.9 Å². The van der Waals surface area contributed by atoms with E-state index >= 15 is 0 Å². The van der Waals surface area contributed by atoms with E-state index in [2.05, 4.69) is 72.9 Å². The number of hydrogen-bond donors (Lipinski definition) is 2. The fourth-order valence-electron chi connectivity index (χ4n) is 5.55. The molecule has 1 amide bonds. The van der Waals surface area contributed by atoms with Gasteiger partial charge in [0.05, 0.1) is 22.5 Å². The smallest absolute Gasteiger partial charge is 0.231 e. The first-order valence-electron chi connectivity index (χ1n) is 11.6. The van der Waals surface area contributed by atoms with Crippen molar-refractivity contribution in [3.63, 3.8) is 0 Å². The number of primary amides is 1. The van der Waals surface area contributed by atoms with Crippen LogP contribution in [0, 0.1) is 12.3 Å². The number of rotatable bonds is 5. The van der Waals surface area contributed by atoms with Crippen LogP contribution in [0.15, 0.2) is 24.7 Å². The number of aromatic nitrogens is 4. The Morgan fingerprint density at radius 1 is 1.36 bits per heavy atom. The van der Waals surface area contributed by atoms with Gasteiger partial charge in [-0.15, -0.1) is 11.3 Å². The molecule has 1 atom stereocenters. The number of H-pyrrole nitrogens is 1. The van der Waals surface area contributed by atoms with Crippen LogP contribution in [-0.4, -0.2) is 50.0 Å². The Morgan fingerprint density at radius 3 is 2.85 bits per heavy atom. The van der Waals surface area contributed by atoms with Crippen molar-refractivity contribution in [3.8, 4) is 11.3 Å². The van der Waals surface area contributed by atoms with Gasteiger partial charge in [-0.25, -0.2) is 9.50 Å². The van der Waals surface area contributed by atoms with Gasteiger partial charge in [0.25, 0.3) is 0 Å². The minimum absolute atomic E-state index is 0.0755. The summed E-state index contributed by atoms with van der Waals surface area (Å²) < 4.78 is 3.21. The molecule has 0 spiro atoms.